The summed E-state index contributed by atoms with van der Waals surface area (Å²) in [6.45, 7) is 1.47. The standard InChI is InChI=1S/C19H11F2N3O4/c1-10-9-23(16-13(20)7-4-8-14(16)21)22-15(10)19(27)28-24-17(25)11-5-2-3-6-12(11)18(24)26/h2-9H,1H3. The van der Waals surface area contributed by atoms with Crippen molar-refractivity contribution in [2.45, 2.75) is 6.92 Å². The topological polar surface area (TPSA) is 81.5 Å². The number of hydrogen-bond acceptors (Lipinski definition) is 5. The predicted molar refractivity (Wildman–Crippen MR) is 90.6 cm³/mol. The van der Waals surface area contributed by atoms with Gasteiger partial charge in [0.15, 0.2) is 17.3 Å². The van der Waals surface area contributed by atoms with Gasteiger partial charge in [0.1, 0.15) is 5.69 Å². The maximum atomic E-state index is 13.9. The van der Waals surface area contributed by atoms with Gasteiger partial charge in [-0.05, 0) is 31.2 Å². The van der Waals surface area contributed by atoms with Crippen molar-refractivity contribution in [2.24, 2.45) is 0 Å². The van der Waals surface area contributed by atoms with E-state index in [1.807, 2.05) is 0 Å². The summed E-state index contributed by atoms with van der Waals surface area (Å²) >= 11 is 0. The molecule has 0 saturated carbocycles. The third-order valence-electron chi connectivity index (χ3n) is 4.19. The maximum Gasteiger partial charge on any atom is 0.384 e. The molecule has 2 aromatic carbocycles. The van der Waals surface area contributed by atoms with Gasteiger partial charge in [-0.25, -0.2) is 18.3 Å². The molecule has 28 heavy (non-hydrogen) atoms. The van der Waals surface area contributed by atoms with Crippen molar-refractivity contribution >= 4 is 17.8 Å². The SMILES string of the molecule is Cc1cn(-c2c(F)cccc2F)nc1C(=O)ON1C(=O)c2ccccc2C1=O. The molecule has 0 radical (unpaired) electrons. The van der Waals surface area contributed by atoms with Crippen molar-refractivity contribution in [3.05, 3.63) is 82.7 Å². The van der Waals surface area contributed by atoms with Crippen LogP contribution >= 0.6 is 0 Å². The second-order valence-corrected chi connectivity index (χ2v) is 6.00. The van der Waals surface area contributed by atoms with E-state index in [9.17, 15) is 23.2 Å². The summed E-state index contributed by atoms with van der Waals surface area (Å²) in [6.07, 6.45) is 1.24. The Kier molecular flexibility index (Phi) is 3.99. The van der Waals surface area contributed by atoms with Gasteiger partial charge in [-0.2, -0.15) is 5.10 Å². The third kappa shape index (κ3) is 2.64. The van der Waals surface area contributed by atoms with Crippen LogP contribution in [0.2, 0.25) is 0 Å². The first-order chi connectivity index (χ1) is 13.4. The highest BCUT2D eigenvalue weighted by atomic mass is 19.1. The van der Waals surface area contributed by atoms with E-state index in [1.54, 1.807) is 12.1 Å². The molecule has 140 valence electrons. The summed E-state index contributed by atoms with van der Waals surface area (Å²) in [5.41, 5.74) is -0.305. The first-order valence-electron chi connectivity index (χ1n) is 8.09. The fourth-order valence-corrected chi connectivity index (χ4v) is 2.86. The van der Waals surface area contributed by atoms with Gasteiger partial charge < -0.3 is 4.84 Å². The molecule has 0 aliphatic carbocycles. The lowest BCUT2D eigenvalue weighted by Gasteiger charge is -2.11. The van der Waals surface area contributed by atoms with E-state index in [4.69, 9.17) is 4.84 Å². The van der Waals surface area contributed by atoms with E-state index >= 15 is 0 Å². The summed E-state index contributed by atoms with van der Waals surface area (Å²) in [4.78, 5) is 41.9. The maximum absolute atomic E-state index is 13.9. The molecule has 1 aliphatic rings. The highest BCUT2D eigenvalue weighted by Crippen LogP contribution is 2.24. The molecule has 9 heteroatoms. The molecule has 2 heterocycles. The fourth-order valence-electron chi connectivity index (χ4n) is 2.86. The lowest BCUT2D eigenvalue weighted by molar-refractivity contribution is -0.0589. The number of aryl methyl sites for hydroxylation is 1. The van der Waals surface area contributed by atoms with Crippen LogP contribution in [0, 0.1) is 18.6 Å². The molecule has 4 rings (SSSR count). The molecular weight excluding hydrogens is 372 g/mol. The number of amides is 2. The van der Waals surface area contributed by atoms with Crippen LogP contribution in [0.5, 0.6) is 0 Å². The quantitative estimate of drug-likeness (QED) is 0.650. The van der Waals surface area contributed by atoms with Gasteiger partial charge in [0.2, 0.25) is 0 Å². The van der Waals surface area contributed by atoms with Crippen LogP contribution in [0.25, 0.3) is 5.69 Å². The van der Waals surface area contributed by atoms with E-state index < -0.39 is 35.1 Å². The minimum Gasteiger partial charge on any atom is -0.322 e. The van der Waals surface area contributed by atoms with E-state index in [-0.39, 0.29) is 22.4 Å². The third-order valence-corrected chi connectivity index (χ3v) is 4.19. The fraction of sp³-hybridized carbons (Fsp3) is 0.0526. The molecule has 1 aromatic heterocycles. The van der Waals surface area contributed by atoms with Crippen LogP contribution in [0.4, 0.5) is 8.78 Å². The predicted octanol–water partition coefficient (Wildman–Crippen LogP) is 2.83. The summed E-state index contributed by atoms with van der Waals surface area (Å²) in [7, 11) is 0. The number of nitrogens with zero attached hydrogens (tertiary/aromatic N) is 3. The minimum absolute atomic E-state index is 0.107. The number of imide groups is 1. The zero-order valence-electron chi connectivity index (χ0n) is 14.3. The van der Waals surface area contributed by atoms with E-state index in [0.717, 1.165) is 16.8 Å². The number of carbonyl (C=O) groups is 3. The molecule has 3 aromatic rings. The van der Waals surface area contributed by atoms with Crippen molar-refractivity contribution in [2.75, 3.05) is 0 Å². The summed E-state index contributed by atoms with van der Waals surface area (Å²) in [5, 5.41) is 4.20. The number of hydrogen-bond donors (Lipinski definition) is 0. The smallest absolute Gasteiger partial charge is 0.322 e. The van der Waals surface area contributed by atoms with Gasteiger partial charge in [-0.1, -0.05) is 23.3 Å². The van der Waals surface area contributed by atoms with Crippen molar-refractivity contribution in [1.82, 2.24) is 14.8 Å². The number of carbonyl (C=O) groups excluding carboxylic acids is 3. The molecule has 0 unspecified atom stereocenters. The van der Waals surface area contributed by atoms with Gasteiger partial charge in [0.05, 0.1) is 11.1 Å². The average molecular weight is 383 g/mol. The Hall–Kier alpha value is -3.88. The second-order valence-electron chi connectivity index (χ2n) is 6.00. The lowest BCUT2D eigenvalue weighted by atomic mass is 10.1. The number of fused-ring (bicyclic) bond motifs is 1. The molecule has 0 N–H and O–H groups in total. The van der Waals surface area contributed by atoms with E-state index in [2.05, 4.69) is 5.10 Å². The molecule has 1 aliphatic heterocycles. The summed E-state index contributed by atoms with van der Waals surface area (Å²) < 4.78 is 28.8. The minimum atomic E-state index is -1.11. The Bertz CT molecular complexity index is 1100. The molecular formula is C19H11F2N3O4. The molecule has 0 atom stereocenters. The number of hydroxylamine groups is 2. The van der Waals surface area contributed by atoms with Crippen molar-refractivity contribution < 1.29 is 28.0 Å². The highest BCUT2D eigenvalue weighted by molar-refractivity contribution is 6.21. The number of benzene rings is 2. The van der Waals surface area contributed by atoms with Crippen LogP contribution in [-0.2, 0) is 4.84 Å². The monoisotopic (exact) mass is 383 g/mol. The van der Waals surface area contributed by atoms with Gasteiger partial charge in [-0.15, -0.1) is 0 Å². The van der Waals surface area contributed by atoms with Crippen LogP contribution in [0.3, 0.4) is 0 Å². The van der Waals surface area contributed by atoms with Crippen LogP contribution in [-0.4, -0.2) is 32.6 Å². The molecule has 0 spiro atoms. The Morgan fingerprint density at radius 2 is 1.54 bits per heavy atom. The summed E-state index contributed by atoms with van der Waals surface area (Å²) in [5.74, 6) is -4.43. The first-order valence-corrected chi connectivity index (χ1v) is 8.09. The molecule has 0 bridgehead atoms. The Morgan fingerprint density at radius 3 is 2.11 bits per heavy atom. The molecule has 0 fully saturated rings. The number of aromatic nitrogens is 2. The van der Waals surface area contributed by atoms with Crippen LogP contribution in [0.15, 0.2) is 48.7 Å². The Balaban J connectivity index is 1.63. The lowest BCUT2D eigenvalue weighted by Crippen LogP contribution is -2.33. The van der Waals surface area contributed by atoms with Crippen molar-refractivity contribution in [1.29, 1.82) is 0 Å². The van der Waals surface area contributed by atoms with Crippen LogP contribution in [0.1, 0.15) is 36.8 Å². The number of rotatable bonds is 3. The second kappa shape index (κ2) is 6.38. The van der Waals surface area contributed by atoms with Crippen molar-refractivity contribution in [3.63, 3.8) is 0 Å². The van der Waals surface area contributed by atoms with Gasteiger partial charge in [0, 0.05) is 11.8 Å². The van der Waals surface area contributed by atoms with Crippen molar-refractivity contribution in [3.8, 4) is 5.69 Å². The van der Waals surface area contributed by atoms with Gasteiger partial charge in [0.25, 0.3) is 11.8 Å². The first kappa shape index (κ1) is 17.5. The largest absolute Gasteiger partial charge is 0.384 e. The average Bonchev–Trinajstić information content (AvgIpc) is 3.15. The van der Waals surface area contributed by atoms with E-state index in [0.29, 0.717) is 5.06 Å². The Morgan fingerprint density at radius 1 is 0.964 bits per heavy atom. The van der Waals surface area contributed by atoms with E-state index in [1.165, 1.54) is 31.3 Å². The normalized spacial score (nSPS) is 13.0. The Labute approximate surface area is 156 Å². The zero-order valence-corrected chi connectivity index (χ0v) is 14.3. The summed E-state index contributed by atoms with van der Waals surface area (Å²) in [6, 6.07) is 9.31. The zero-order chi connectivity index (χ0) is 20.0. The highest BCUT2D eigenvalue weighted by Gasteiger charge is 2.39. The number of halogens is 2. The molecule has 7 nitrogen and oxygen atoms in total. The van der Waals surface area contributed by atoms with Gasteiger partial charge in [-0.3, -0.25) is 9.59 Å². The number of para-hydroxylation sites is 1. The molecule has 2 amide bonds. The molecule has 0 saturated heterocycles. The van der Waals surface area contributed by atoms with Crippen LogP contribution < -0.4 is 0 Å². The van der Waals surface area contributed by atoms with Gasteiger partial charge >= 0.3 is 5.97 Å².